The number of halogens is 1. The molecule has 3 aromatic rings. The quantitative estimate of drug-likeness (QED) is 0.797. The zero-order valence-corrected chi connectivity index (χ0v) is 11.9. The van der Waals surface area contributed by atoms with Crippen LogP contribution in [0.2, 0.25) is 0 Å². The van der Waals surface area contributed by atoms with E-state index >= 15 is 0 Å². The van der Waals surface area contributed by atoms with Gasteiger partial charge in [0.25, 0.3) is 0 Å². The summed E-state index contributed by atoms with van der Waals surface area (Å²) in [5.41, 5.74) is 6.74. The number of benzene rings is 2. The van der Waals surface area contributed by atoms with Gasteiger partial charge in [-0.1, -0.05) is 43.3 Å². The van der Waals surface area contributed by atoms with Crippen molar-refractivity contribution in [2.75, 3.05) is 0 Å². The summed E-state index contributed by atoms with van der Waals surface area (Å²) >= 11 is 0. The van der Waals surface area contributed by atoms with E-state index in [1.54, 1.807) is 18.2 Å². The van der Waals surface area contributed by atoms with Crippen molar-refractivity contribution >= 4 is 10.8 Å². The highest BCUT2D eigenvalue weighted by Gasteiger charge is 2.19. The summed E-state index contributed by atoms with van der Waals surface area (Å²) in [5.74, 6) is 0.755. The minimum atomic E-state index is -0.307. The number of aromatic nitrogens is 2. The van der Waals surface area contributed by atoms with E-state index in [2.05, 4.69) is 10.1 Å². The fourth-order valence-electron chi connectivity index (χ4n) is 2.22. The van der Waals surface area contributed by atoms with E-state index in [-0.39, 0.29) is 17.8 Å². The fourth-order valence-corrected chi connectivity index (χ4v) is 2.22. The molecular formula is C16H16FN3O. The zero-order valence-electron chi connectivity index (χ0n) is 11.9. The van der Waals surface area contributed by atoms with Crippen LogP contribution in [0, 0.1) is 11.7 Å². The van der Waals surface area contributed by atoms with E-state index in [4.69, 9.17) is 10.3 Å². The molecule has 0 bridgehead atoms. The van der Waals surface area contributed by atoms with E-state index < -0.39 is 0 Å². The van der Waals surface area contributed by atoms with Gasteiger partial charge in [0, 0.05) is 10.9 Å². The Bertz CT molecular complexity index is 782. The maximum Gasteiger partial charge on any atom is 0.244 e. The second-order valence-corrected chi connectivity index (χ2v) is 5.37. The highest BCUT2D eigenvalue weighted by Crippen LogP contribution is 2.29. The maximum atomic E-state index is 13.8. The fraction of sp³-hybridized carbons (Fsp3) is 0.250. The average molecular weight is 285 g/mol. The summed E-state index contributed by atoms with van der Waals surface area (Å²) < 4.78 is 19.1. The van der Waals surface area contributed by atoms with Gasteiger partial charge in [-0.15, -0.1) is 0 Å². The molecule has 0 aliphatic carbocycles. The van der Waals surface area contributed by atoms with E-state index in [0.29, 0.717) is 17.1 Å². The molecule has 0 aliphatic rings. The highest BCUT2D eigenvalue weighted by atomic mass is 19.1. The second kappa shape index (κ2) is 5.26. The van der Waals surface area contributed by atoms with Gasteiger partial charge in [0.2, 0.25) is 11.7 Å². The van der Waals surface area contributed by atoms with Crippen LogP contribution in [-0.2, 0) is 0 Å². The Morgan fingerprint density at radius 3 is 2.52 bits per heavy atom. The van der Waals surface area contributed by atoms with Crippen LogP contribution < -0.4 is 5.73 Å². The molecule has 4 nitrogen and oxygen atoms in total. The van der Waals surface area contributed by atoms with Crippen LogP contribution in [0.1, 0.15) is 25.8 Å². The third-order valence-corrected chi connectivity index (χ3v) is 3.56. The Kier molecular flexibility index (Phi) is 3.43. The third-order valence-electron chi connectivity index (χ3n) is 3.56. The van der Waals surface area contributed by atoms with Crippen LogP contribution in [-0.4, -0.2) is 10.1 Å². The molecule has 0 amide bonds. The first-order valence-electron chi connectivity index (χ1n) is 6.84. The molecular weight excluding hydrogens is 269 g/mol. The molecule has 0 radical (unpaired) electrons. The molecule has 5 heteroatoms. The Hall–Kier alpha value is -2.27. The number of hydrogen-bond acceptors (Lipinski definition) is 4. The van der Waals surface area contributed by atoms with Gasteiger partial charge in [-0.2, -0.15) is 4.98 Å². The Labute approximate surface area is 121 Å². The van der Waals surface area contributed by atoms with E-state index in [9.17, 15) is 4.39 Å². The summed E-state index contributed by atoms with van der Waals surface area (Å²) in [6.07, 6.45) is 0. The number of fused-ring (bicyclic) bond motifs is 1. The molecule has 21 heavy (non-hydrogen) atoms. The SMILES string of the molecule is CC(C)[C@@H](N)c1nc(-c2ccc(F)c3ccccc23)no1. The molecule has 1 heterocycles. The first kappa shape index (κ1) is 13.7. The van der Waals surface area contributed by atoms with Crippen LogP contribution in [0.5, 0.6) is 0 Å². The van der Waals surface area contributed by atoms with Gasteiger partial charge in [-0.3, -0.25) is 0 Å². The lowest BCUT2D eigenvalue weighted by Gasteiger charge is -2.09. The van der Waals surface area contributed by atoms with Gasteiger partial charge in [-0.05, 0) is 23.4 Å². The monoisotopic (exact) mass is 285 g/mol. The Morgan fingerprint density at radius 2 is 1.81 bits per heavy atom. The molecule has 0 spiro atoms. The van der Waals surface area contributed by atoms with Crippen LogP contribution in [0.3, 0.4) is 0 Å². The first-order valence-corrected chi connectivity index (χ1v) is 6.84. The average Bonchev–Trinajstić information content (AvgIpc) is 2.96. The van der Waals surface area contributed by atoms with Crippen molar-refractivity contribution in [1.82, 2.24) is 10.1 Å². The van der Waals surface area contributed by atoms with E-state index in [1.807, 2.05) is 26.0 Å². The van der Waals surface area contributed by atoms with Crippen molar-refractivity contribution in [3.05, 3.63) is 48.1 Å². The molecule has 0 unspecified atom stereocenters. The first-order chi connectivity index (χ1) is 10.1. The molecule has 108 valence electrons. The lowest BCUT2D eigenvalue weighted by Crippen LogP contribution is -2.16. The van der Waals surface area contributed by atoms with E-state index in [1.165, 1.54) is 6.07 Å². The van der Waals surface area contributed by atoms with Crippen LogP contribution in [0.15, 0.2) is 40.9 Å². The summed E-state index contributed by atoms with van der Waals surface area (Å²) in [6, 6.07) is 9.99. The summed E-state index contributed by atoms with van der Waals surface area (Å²) in [7, 11) is 0. The molecule has 0 aliphatic heterocycles. The molecule has 3 rings (SSSR count). The maximum absolute atomic E-state index is 13.8. The highest BCUT2D eigenvalue weighted by molar-refractivity contribution is 5.95. The van der Waals surface area contributed by atoms with Crippen molar-refractivity contribution in [2.45, 2.75) is 19.9 Å². The van der Waals surface area contributed by atoms with Gasteiger partial charge in [0.15, 0.2) is 0 Å². The standard InChI is InChI=1S/C16H16FN3O/c1-9(2)14(18)16-19-15(20-21-16)12-7-8-13(17)11-6-4-3-5-10(11)12/h3-9,14H,18H2,1-2H3/t14-/m1/s1. The van der Waals surface area contributed by atoms with Gasteiger partial charge in [0.1, 0.15) is 5.82 Å². The zero-order chi connectivity index (χ0) is 15.0. The van der Waals surface area contributed by atoms with Crippen molar-refractivity contribution in [3.8, 4) is 11.4 Å². The lowest BCUT2D eigenvalue weighted by atomic mass is 10.0. The van der Waals surface area contributed by atoms with Crippen LogP contribution >= 0.6 is 0 Å². The van der Waals surface area contributed by atoms with Gasteiger partial charge >= 0.3 is 0 Å². The van der Waals surface area contributed by atoms with Crippen molar-refractivity contribution in [2.24, 2.45) is 11.7 Å². The predicted octanol–water partition coefficient (Wildman–Crippen LogP) is 3.68. The third kappa shape index (κ3) is 2.40. The normalized spacial score (nSPS) is 13.0. The Morgan fingerprint density at radius 1 is 1.10 bits per heavy atom. The van der Waals surface area contributed by atoms with Crippen LogP contribution in [0.4, 0.5) is 4.39 Å². The topological polar surface area (TPSA) is 64.9 Å². The van der Waals surface area contributed by atoms with Crippen molar-refractivity contribution in [3.63, 3.8) is 0 Å². The van der Waals surface area contributed by atoms with Crippen molar-refractivity contribution in [1.29, 1.82) is 0 Å². The van der Waals surface area contributed by atoms with Gasteiger partial charge in [-0.25, -0.2) is 4.39 Å². The largest absolute Gasteiger partial charge is 0.337 e. The van der Waals surface area contributed by atoms with Gasteiger partial charge < -0.3 is 10.3 Å². The van der Waals surface area contributed by atoms with E-state index in [0.717, 1.165) is 10.9 Å². The number of nitrogens with zero attached hydrogens (tertiary/aromatic N) is 2. The van der Waals surface area contributed by atoms with Crippen molar-refractivity contribution < 1.29 is 8.91 Å². The minimum absolute atomic E-state index is 0.197. The molecule has 0 fully saturated rings. The lowest BCUT2D eigenvalue weighted by molar-refractivity contribution is 0.325. The van der Waals surface area contributed by atoms with Crippen LogP contribution in [0.25, 0.3) is 22.2 Å². The molecule has 1 atom stereocenters. The minimum Gasteiger partial charge on any atom is -0.337 e. The Balaban J connectivity index is 2.11. The molecule has 0 saturated carbocycles. The number of nitrogens with two attached hydrogens (primary N) is 1. The molecule has 2 N–H and O–H groups in total. The summed E-state index contributed by atoms with van der Waals surface area (Å²) in [5, 5.41) is 5.27. The summed E-state index contributed by atoms with van der Waals surface area (Å²) in [6.45, 7) is 3.98. The molecule has 0 saturated heterocycles. The predicted molar refractivity (Wildman–Crippen MR) is 79.0 cm³/mol. The second-order valence-electron chi connectivity index (χ2n) is 5.37. The summed E-state index contributed by atoms with van der Waals surface area (Å²) in [4.78, 5) is 4.36. The number of rotatable bonds is 3. The molecule has 1 aromatic heterocycles. The van der Waals surface area contributed by atoms with Gasteiger partial charge in [0.05, 0.1) is 6.04 Å². The smallest absolute Gasteiger partial charge is 0.244 e. The molecule has 2 aromatic carbocycles. The number of hydrogen-bond donors (Lipinski definition) is 1.